The molecule has 0 atom stereocenters. The van der Waals surface area contributed by atoms with Crippen LogP contribution in [-0.4, -0.2) is 7.11 Å². The molecule has 4 N–H and O–H groups in total. The molecule has 0 saturated heterocycles. The summed E-state index contributed by atoms with van der Waals surface area (Å²) in [5.74, 6) is 0. The summed E-state index contributed by atoms with van der Waals surface area (Å²) < 4.78 is 4.99. The fourth-order valence-corrected chi connectivity index (χ4v) is 1.13. The molecule has 12 heavy (non-hydrogen) atoms. The van der Waals surface area contributed by atoms with Crippen molar-refractivity contribution in [3.63, 3.8) is 0 Å². The van der Waals surface area contributed by atoms with Crippen LogP contribution in [0, 0.1) is 0 Å². The van der Waals surface area contributed by atoms with Gasteiger partial charge in [0.15, 0.2) is 0 Å². The summed E-state index contributed by atoms with van der Waals surface area (Å²) >= 11 is 0. The summed E-state index contributed by atoms with van der Waals surface area (Å²) in [5, 5.41) is 0. The summed E-state index contributed by atoms with van der Waals surface area (Å²) in [4.78, 5) is 0. The van der Waals surface area contributed by atoms with Gasteiger partial charge in [-0.1, -0.05) is 18.2 Å². The molecule has 0 aliphatic rings. The summed E-state index contributed by atoms with van der Waals surface area (Å²) in [5.41, 5.74) is 14.0. The van der Waals surface area contributed by atoms with Gasteiger partial charge in [-0.05, 0) is 5.56 Å². The van der Waals surface area contributed by atoms with E-state index in [1.807, 2.05) is 18.2 Å². The van der Waals surface area contributed by atoms with Crippen molar-refractivity contribution < 1.29 is 4.74 Å². The molecule has 0 amide bonds. The number of ether oxygens (including phenoxy) is 1. The minimum absolute atomic E-state index is 0.476. The highest BCUT2D eigenvalue weighted by molar-refractivity contribution is 5.53. The van der Waals surface area contributed by atoms with E-state index in [2.05, 4.69) is 0 Å². The molecule has 1 aromatic carbocycles. The average Bonchev–Trinajstić information content (AvgIpc) is 2.09. The van der Waals surface area contributed by atoms with Crippen molar-refractivity contribution >= 4 is 5.69 Å². The highest BCUT2D eigenvalue weighted by atomic mass is 16.5. The minimum atomic E-state index is 0.476. The largest absolute Gasteiger partial charge is 0.398 e. The van der Waals surface area contributed by atoms with Gasteiger partial charge in [0.2, 0.25) is 0 Å². The van der Waals surface area contributed by atoms with Crippen LogP contribution in [0.5, 0.6) is 0 Å². The van der Waals surface area contributed by atoms with Gasteiger partial charge >= 0.3 is 0 Å². The van der Waals surface area contributed by atoms with Gasteiger partial charge < -0.3 is 16.2 Å². The Balaban J connectivity index is 2.97. The first-order chi connectivity index (χ1) is 5.79. The molecule has 0 aromatic heterocycles. The van der Waals surface area contributed by atoms with Gasteiger partial charge in [0.1, 0.15) is 0 Å². The van der Waals surface area contributed by atoms with E-state index in [1.54, 1.807) is 7.11 Å². The molecule has 0 radical (unpaired) electrons. The number of nitrogens with two attached hydrogens (primary N) is 2. The van der Waals surface area contributed by atoms with Crippen LogP contribution in [0.2, 0.25) is 0 Å². The van der Waals surface area contributed by atoms with Crippen molar-refractivity contribution in [1.82, 2.24) is 0 Å². The van der Waals surface area contributed by atoms with E-state index < -0.39 is 0 Å². The number of methoxy groups -OCH3 is 1. The molecule has 0 heterocycles. The van der Waals surface area contributed by atoms with Gasteiger partial charge in [-0.15, -0.1) is 0 Å². The monoisotopic (exact) mass is 166 g/mol. The number of anilines is 1. The van der Waals surface area contributed by atoms with Crippen molar-refractivity contribution in [2.75, 3.05) is 12.8 Å². The number of hydrogen-bond donors (Lipinski definition) is 2. The normalized spacial score (nSPS) is 10.2. The second kappa shape index (κ2) is 4.09. The van der Waals surface area contributed by atoms with E-state index in [0.717, 1.165) is 16.8 Å². The number of rotatable bonds is 3. The lowest BCUT2D eigenvalue weighted by molar-refractivity contribution is 0.185. The van der Waals surface area contributed by atoms with Gasteiger partial charge in [-0.3, -0.25) is 0 Å². The molecule has 1 aromatic rings. The van der Waals surface area contributed by atoms with Gasteiger partial charge in [0.25, 0.3) is 0 Å². The fraction of sp³-hybridized carbons (Fsp3) is 0.333. The molecule has 0 unspecified atom stereocenters. The van der Waals surface area contributed by atoms with E-state index in [9.17, 15) is 0 Å². The molecule has 0 saturated carbocycles. The Hall–Kier alpha value is -1.06. The maximum absolute atomic E-state index is 5.82. The topological polar surface area (TPSA) is 61.3 Å². The van der Waals surface area contributed by atoms with Crippen LogP contribution in [0.1, 0.15) is 11.1 Å². The lowest BCUT2D eigenvalue weighted by atomic mass is 10.1. The fourth-order valence-electron chi connectivity index (χ4n) is 1.13. The zero-order valence-electron chi connectivity index (χ0n) is 7.21. The number of para-hydroxylation sites is 1. The van der Waals surface area contributed by atoms with Crippen molar-refractivity contribution in [3.8, 4) is 0 Å². The first-order valence-electron chi connectivity index (χ1n) is 3.84. The lowest BCUT2D eigenvalue weighted by Crippen LogP contribution is -2.04. The second-order valence-corrected chi connectivity index (χ2v) is 2.63. The lowest BCUT2D eigenvalue weighted by Gasteiger charge is -2.08. The van der Waals surface area contributed by atoms with E-state index >= 15 is 0 Å². The van der Waals surface area contributed by atoms with Crippen molar-refractivity contribution in [2.45, 2.75) is 13.2 Å². The number of benzene rings is 1. The van der Waals surface area contributed by atoms with Crippen LogP contribution in [0.15, 0.2) is 18.2 Å². The Morgan fingerprint density at radius 1 is 1.33 bits per heavy atom. The molecule has 3 heteroatoms. The van der Waals surface area contributed by atoms with Crippen LogP contribution in [0.25, 0.3) is 0 Å². The first-order valence-corrected chi connectivity index (χ1v) is 3.84. The Morgan fingerprint density at radius 2 is 2.00 bits per heavy atom. The number of nitrogen functional groups attached to an aromatic ring is 1. The Bertz CT molecular complexity index is 261. The molecule has 0 bridgehead atoms. The molecule has 66 valence electrons. The third kappa shape index (κ3) is 1.75. The standard InChI is InChI=1S/C9H14N2O/c1-12-6-8-4-2-3-7(5-10)9(8)11/h2-4H,5-6,10-11H2,1H3. The zero-order valence-corrected chi connectivity index (χ0v) is 7.21. The van der Waals surface area contributed by atoms with E-state index in [-0.39, 0.29) is 0 Å². The molecular weight excluding hydrogens is 152 g/mol. The summed E-state index contributed by atoms with van der Waals surface area (Å²) in [6.45, 7) is 1.02. The Kier molecular flexibility index (Phi) is 3.08. The van der Waals surface area contributed by atoms with Crippen LogP contribution in [0.3, 0.4) is 0 Å². The van der Waals surface area contributed by atoms with Crippen LogP contribution >= 0.6 is 0 Å². The minimum Gasteiger partial charge on any atom is -0.398 e. The highest BCUT2D eigenvalue weighted by Gasteiger charge is 2.01. The molecule has 3 nitrogen and oxygen atoms in total. The number of hydrogen-bond acceptors (Lipinski definition) is 3. The summed E-state index contributed by atoms with van der Waals surface area (Å²) in [7, 11) is 1.65. The quantitative estimate of drug-likeness (QED) is 0.655. The predicted octanol–water partition coefficient (Wildman–Crippen LogP) is 0.874. The molecular formula is C9H14N2O. The predicted molar refractivity (Wildman–Crippen MR) is 49.5 cm³/mol. The molecule has 0 aliphatic carbocycles. The van der Waals surface area contributed by atoms with Gasteiger partial charge in [-0.2, -0.15) is 0 Å². The van der Waals surface area contributed by atoms with Gasteiger partial charge in [0.05, 0.1) is 6.61 Å². The van der Waals surface area contributed by atoms with Crippen molar-refractivity contribution in [2.24, 2.45) is 5.73 Å². The molecule has 0 aliphatic heterocycles. The highest BCUT2D eigenvalue weighted by Crippen LogP contribution is 2.17. The first kappa shape index (κ1) is 9.03. The van der Waals surface area contributed by atoms with Gasteiger partial charge in [0, 0.05) is 24.9 Å². The third-order valence-corrected chi connectivity index (χ3v) is 1.81. The van der Waals surface area contributed by atoms with Gasteiger partial charge in [-0.25, -0.2) is 0 Å². The summed E-state index contributed by atoms with van der Waals surface area (Å²) in [6, 6.07) is 5.80. The second-order valence-electron chi connectivity index (χ2n) is 2.63. The van der Waals surface area contributed by atoms with E-state index in [4.69, 9.17) is 16.2 Å². The van der Waals surface area contributed by atoms with Crippen LogP contribution < -0.4 is 11.5 Å². The Labute approximate surface area is 72.3 Å². The Morgan fingerprint density at radius 3 is 2.58 bits per heavy atom. The smallest absolute Gasteiger partial charge is 0.0733 e. The van der Waals surface area contributed by atoms with Crippen LogP contribution in [-0.2, 0) is 17.9 Å². The maximum Gasteiger partial charge on any atom is 0.0733 e. The molecule has 1 rings (SSSR count). The maximum atomic E-state index is 5.82. The summed E-state index contributed by atoms with van der Waals surface area (Å²) in [6.07, 6.45) is 0. The third-order valence-electron chi connectivity index (χ3n) is 1.81. The molecule has 0 fully saturated rings. The van der Waals surface area contributed by atoms with E-state index in [1.165, 1.54) is 0 Å². The SMILES string of the molecule is COCc1cccc(CN)c1N. The van der Waals surface area contributed by atoms with Crippen LogP contribution in [0.4, 0.5) is 5.69 Å². The van der Waals surface area contributed by atoms with E-state index in [0.29, 0.717) is 13.2 Å². The average molecular weight is 166 g/mol. The van der Waals surface area contributed by atoms with Crippen molar-refractivity contribution in [1.29, 1.82) is 0 Å². The zero-order chi connectivity index (χ0) is 8.97. The molecule has 0 spiro atoms. The van der Waals surface area contributed by atoms with Crippen molar-refractivity contribution in [3.05, 3.63) is 29.3 Å².